The van der Waals surface area contributed by atoms with Gasteiger partial charge in [0.25, 0.3) is 5.91 Å². The molecule has 1 atom stereocenters. The maximum atomic E-state index is 12.9. The van der Waals surface area contributed by atoms with Gasteiger partial charge < -0.3 is 10.1 Å². The van der Waals surface area contributed by atoms with Crippen LogP contribution in [-0.2, 0) is 21.4 Å². The Morgan fingerprint density at radius 1 is 0.788 bits per heavy atom. The molecule has 3 aromatic carbocycles. The van der Waals surface area contributed by atoms with Crippen LogP contribution in [0.4, 0.5) is 0 Å². The molecule has 0 unspecified atom stereocenters. The Labute approximate surface area is 194 Å². The zero-order valence-electron chi connectivity index (χ0n) is 19.2. The van der Waals surface area contributed by atoms with E-state index in [1.807, 2.05) is 48.5 Å². The number of hydrogen-bond acceptors (Lipinski definition) is 4. The van der Waals surface area contributed by atoms with E-state index in [-0.39, 0.29) is 30.1 Å². The molecular formula is C28H29NO4. The number of rotatable bonds is 8. The molecule has 0 saturated heterocycles. The first-order valence-electron chi connectivity index (χ1n) is 10.9. The minimum Gasteiger partial charge on any atom is -0.456 e. The monoisotopic (exact) mass is 443 g/mol. The molecule has 3 aromatic rings. The summed E-state index contributed by atoms with van der Waals surface area (Å²) in [6.07, 6.45) is 0.255. The molecule has 5 nitrogen and oxygen atoms in total. The summed E-state index contributed by atoms with van der Waals surface area (Å²) in [5.41, 5.74) is 2.87. The Hall–Kier alpha value is -3.73. The Bertz CT molecular complexity index is 1080. The van der Waals surface area contributed by atoms with Crippen LogP contribution in [0.5, 0.6) is 0 Å². The Kier molecular flexibility index (Phi) is 7.78. The van der Waals surface area contributed by atoms with Crippen LogP contribution in [0.2, 0.25) is 0 Å². The van der Waals surface area contributed by atoms with Crippen molar-refractivity contribution in [1.29, 1.82) is 0 Å². The van der Waals surface area contributed by atoms with Crippen molar-refractivity contribution < 1.29 is 19.1 Å². The molecule has 0 heterocycles. The van der Waals surface area contributed by atoms with Crippen LogP contribution in [0.15, 0.2) is 84.9 Å². The molecule has 0 aromatic heterocycles. The van der Waals surface area contributed by atoms with E-state index < -0.39 is 12.0 Å². The topological polar surface area (TPSA) is 72.5 Å². The van der Waals surface area contributed by atoms with E-state index in [2.05, 4.69) is 26.1 Å². The van der Waals surface area contributed by atoms with Gasteiger partial charge in [-0.05, 0) is 28.7 Å². The van der Waals surface area contributed by atoms with Crippen molar-refractivity contribution in [3.63, 3.8) is 0 Å². The number of nitrogens with one attached hydrogen (secondary N) is 1. The molecule has 0 bridgehead atoms. The van der Waals surface area contributed by atoms with E-state index in [9.17, 15) is 14.4 Å². The molecule has 0 fully saturated rings. The zero-order chi connectivity index (χ0) is 23.8. The number of hydrogen-bond donors (Lipinski definition) is 1. The van der Waals surface area contributed by atoms with Gasteiger partial charge in [0.1, 0.15) is 6.04 Å². The Morgan fingerprint density at radius 3 is 1.94 bits per heavy atom. The van der Waals surface area contributed by atoms with Crippen LogP contribution in [-0.4, -0.2) is 30.3 Å². The molecule has 1 N–H and O–H groups in total. The zero-order valence-corrected chi connectivity index (χ0v) is 19.2. The van der Waals surface area contributed by atoms with Crippen molar-refractivity contribution in [2.24, 2.45) is 0 Å². The third-order valence-electron chi connectivity index (χ3n) is 5.33. The number of benzene rings is 3. The Morgan fingerprint density at radius 2 is 1.36 bits per heavy atom. The molecular weight excluding hydrogens is 414 g/mol. The summed E-state index contributed by atoms with van der Waals surface area (Å²) < 4.78 is 5.29. The number of carbonyl (C=O) groups is 3. The highest BCUT2D eigenvalue weighted by Gasteiger charge is 2.25. The number of carbonyl (C=O) groups excluding carboxylic acids is 3. The third-order valence-corrected chi connectivity index (χ3v) is 5.33. The predicted molar refractivity (Wildman–Crippen MR) is 128 cm³/mol. The summed E-state index contributed by atoms with van der Waals surface area (Å²) in [6, 6.07) is 24.4. The fourth-order valence-corrected chi connectivity index (χ4v) is 3.35. The molecule has 5 heteroatoms. The van der Waals surface area contributed by atoms with E-state index in [0.717, 1.165) is 11.1 Å². The quantitative estimate of drug-likeness (QED) is 0.403. The first-order valence-corrected chi connectivity index (χ1v) is 10.9. The van der Waals surface area contributed by atoms with E-state index in [0.29, 0.717) is 11.1 Å². The Balaban J connectivity index is 1.71. The number of esters is 1. The van der Waals surface area contributed by atoms with Gasteiger partial charge in [0.2, 0.25) is 0 Å². The van der Waals surface area contributed by atoms with Gasteiger partial charge in [0.05, 0.1) is 0 Å². The number of ketones is 1. The largest absolute Gasteiger partial charge is 0.456 e. The minimum absolute atomic E-state index is 0.0278. The van der Waals surface area contributed by atoms with Crippen LogP contribution in [0, 0.1) is 0 Å². The van der Waals surface area contributed by atoms with Crippen molar-refractivity contribution in [3.05, 3.63) is 107 Å². The molecule has 1 amide bonds. The first kappa shape index (κ1) is 23.9. The lowest BCUT2D eigenvalue weighted by Crippen LogP contribution is -2.43. The number of Topliss-reactive ketones (excluding diaryl/α,β-unsaturated/α-hetero) is 1. The van der Waals surface area contributed by atoms with Gasteiger partial charge in [0.15, 0.2) is 12.4 Å². The lowest BCUT2D eigenvalue weighted by Gasteiger charge is -2.20. The van der Waals surface area contributed by atoms with Gasteiger partial charge >= 0.3 is 5.97 Å². The van der Waals surface area contributed by atoms with Gasteiger partial charge in [-0.1, -0.05) is 93.6 Å². The lowest BCUT2D eigenvalue weighted by atomic mass is 9.86. The van der Waals surface area contributed by atoms with E-state index in [1.54, 1.807) is 36.4 Å². The maximum absolute atomic E-state index is 12.9. The van der Waals surface area contributed by atoms with Crippen molar-refractivity contribution in [3.8, 4) is 0 Å². The highest BCUT2D eigenvalue weighted by molar-refractivity contribution is 5.99. The molecule has 0 saturated carbocycles. The van der Waals surface area contributed by atoms with Gasteiger partial charge in [0, 0.05) is 17.5 Å². The lowest BCUT2D eigenvalue weighted by molar-refractivity contribution is -0.144. The second-order valence-electron chi connectivity index (χ2n) is 8.94. The van der Waals surface area contributed by atoms with Gasteiger partial charge in [-0.2, -0.15) is 0 Å². The van der Waals surface area contributed by atoms with Crippen molar-refractivity contribution in [2.75, 3.05) is 6.61 Å². The standard InChI is InChI=1S/C28H29NO4/c1-28(2,3)23-16-14-22(15-17-23)26(31)29-24(18-20-10-6-4-7-11-20)27(32)33-19-25(30)21-12-8-5-9-13-21/h4-17,24H,18-19H2,1-3H3,(H,29,31)/t24-/m1/s1. The normalized spacial score (nSPS) is 12.0. The van der Waals surface area contributed by atoms with Crippen LogP contribution in [0.25, 0.3) is 0 Å². The molecule has 170 valence electrons. The summed E-state index contributed by atoms with van der Waals surface area (Å²) in [4.78, 5) is 38.1. The first-order chi connectivity index (χ1) is 15.7. The highest BCUT2D eigenvalue weighted by atomic mass is 16.5. The molecule has 3 rings (SSSR count). The van der Waals surface area contributed by atoms with Crippen molar-refractivity contribution in [2.45, 2.75) is 38.6 Å². The highest BCUT2D eigenvalue weighted by Crippen LogP contribution is 2.22. The van der Waals surface area contributed by atoms with E-state index in [4.69, 9.17) is 4.74 Å². The molecule has 0 aliphatic heterocycles. The molecule has 0 aliphatic carbocycles. The summed E-state index contributed by atoms with van der Waals surface area (Å²) in [5.74, 6) is -1.32. The molecule has 0 aliphatic rings. The van der Waals surface area contributed by atoms with Crippen molar-refractivity contribution >= 4 is 17.7 Å². The smallest absolute Gasteiger partial charge is 0.329 e. The summed E-state index contributed by atoms with van der Waals surface area (Å²) >= 11 is 0. The second-order valence-corrected chi connectivity index (χ2v) is 8.94. The fourth-order valence-electron chi connectivity index (χ4n) is 3.35. The number of ether oxygens (including phenoxy) is 1. The number of amides is 1. The predicted octanol–water partition coefficient (Wildman–Crippen LogP) is 4.75. The summed E-state index contributed by atoms with van der Waals surface area (Å²) in [6.45, 7) is 5.92. The summed E-state index contributed by atoms with van der Waals surface area (Å²) in [7, 11) is 0. The second kappa shape index (κ2) is 10.7. The van der Waals surface area contributed by atoms with Crippen LogP contribution in [0.3, 0.4) is 0 Å². The molecule has 33 heavy (non-hydrogen) atoms. The summed E-state index contributed by atoms with van der Waals surface area (Å²) in [5, 5.41) is 2.78. The van der Waals surface area contributed by atoms with Gasteiger partial charge in [-0.15, -0.1) is 0 Å². The van der Waals surface area contributed by atoms with E-state index in [1.165, 1.54) is 0 Å². The third kappa shape index (κ3) is 6.88. The maximum Gasteiger partial charge on any atom is 0.329 e. The minimum atomic E-state index is -0.925. The van der Waals surface area contributed by atoms with Gasteiger partial charge in [-0.3, -0.25) is 9.59 Å². The fraction of sp³-hybridized carbons (Fsp3) is 0.250. The van der Waals surface area contributed by atoms with Crippen molar-refractivity contribution in [1.82, 2.24) is 5.32 Å². The van der Waals surface area contributed by atoms with Gasteiger partial charge in [-0.25, -0.2) is 4.79 Å². The van der Waals surface area contributed by atoms with Crippen LogP contribution in [0.1, 0.15) is 52.6 Å². The average Bonchev–Trinajstić information content (AvgIpc) is 2.82. The van der Waals surface area contributed by atoms with Crippen LogP contribution < -0.4 is 5.32 Å². The SMILES string of the molecule is CC(C)(C)c1ccc(C(=O)N[C@H](Cc2ccccc2)C(=O)OCC(=O)c2ccccc2)cc1. The molecule has 0 radical (unpaired) electrons. The average molecular weight is 444 g/mol. The van der Waals surface area contributed by atoms with E-state index >= 15 is 0 Å². The van der Waals surface area contributed by atoms with Crippen LogP contribution >= 0.6 is 0 Å². The molecule has 0 spiro atoms.